The quantitative estimate of drug-likeness (QED) is 0.183. The van der Waals surface area contributed by atoms with Crippen molar-refractivity contribution in [2.45, 2.75) is 13.8 Å². The molecule has 0 atom stereocenters. The van der Waals surface area contributed by atoms with Gasteiger partial charge >= 0.3 is 0 Å². The molecule has 1 nitrogen and oxygen atoms in total. The SMILES string of the molecule is Cc1ccc(-c2cccc(-c3cc(-c4cc5ccccc5c5ccccc45)cc(-c4cccc(-c5ccc(C)cc5)c4)n3)c2)cc1. The first-order valence-electron chi connectivity index (χ1n) is 15.9. The normalized spacial score (nSPS) is 11.3. The van der Waals surface area contributed by atoms with Crippen molar-refractivity contribution >= 4 is 21.5 Å². The van der Waals surface area contributed by atoms with E-state index in [2.05, 4.69) is 178 Å². The van der Waals surface area contributed by atoms with E-state index in [9.17, 15) is 0 Å². The van der Waals surface area contributed by atoms with E-state index in [0.717, 1.165) is 28.1 Å². The maximum Gasteiger partial charge on any atom is 0.0715 e. The number of pyridine rings is 1. The number of aromatic nitrogens is 1. The molecule has 0 aliphatic heterocycles. The molecule has 0 fully saturated rings. The highest BCUT2D eigenvalue weighted by molar-refractivity contribution is 6.14. The van der Waals surface area contributed by atoms with Gasteiger partial charge in [-0.15, -0.1) is 0 Å². The summed E-state index contributed by atoms with van der Waals surface area (Å²) in [6.45, 7) is 4.25. The van der Waals surface area contributed by atoms with Crippen molar-refractivity contribution < 1.29 is 0 Å². The summed E-state index contributed by atoms with van der Waals surface area (Å²) in [5.41, 5.74) is 13.8. The monoisotopic (exact) mass is 587 g/mol. The van der Waals surface area contributed by atoms with Crippen LogP contribution in [0.15, 0.2) is 164 Å². The summed E-state index contributed by atoms with van der Waals surface area (Å²) >= 11 is 0. The number of hydrogen-bond donors (Lipinski definition) is 0. The molecule has 0 saturated carbocycles. The molecule has 0 spiro atoms. The number of nitrogens with zero attached hydrogens (tertiary/aromatic N) is 1. The summed E-state index contributed by atoms with van der Waals surface area (Å²) < 4.78 is 0. The fourth-order valence-electron chi connectivity index (χ4n) is 6.48. The Labute approximate surface area is 270 Å². The van der Waals surface area contributed by atoms with Crippen molar-refractivity contribution in [3.8, 4) is 55.9 Å². The minimum absolute atomic E-state index is 0.958. The Morgan fingerprint density at radius 2 is 0.804 bits per heavy atom. The number of aryl methyl sites for hydroxylation is 2. The Balaban J connectivity index is 1.35. The van der Waals surface area contributed by atoms with E-state index >= 15 is 0 Å². The fraction of sp³-hybridized carbons (Fsp3) is 0.0444. The fourth-order valence-corrected chi connectivity index (χ4v) is 6.48. The van der Waals surface area contributed by atoms with Crippen LogP contribution in [0.1, 0.15) is 11.1 Å². The van der Waals surface area contributed by atoms with Crippen LogP contribution in [0.25, 0.3) is 77.4 Å². The van der Waals surface area contributed by atoms with Crippen LogP contribution in [0, 0.1) is 13.8 Å². The van der Waals surface area contributed by atoms with Gasteiger partial charge in [-0.3, -0.25) is 0 Å². The molecule has 8 aromatic rings. The van der Waals surface area contributed by atoms with Gasteiger partial charge in [-0.05, 0) is 99.1 Å². The predicted octanol–water partition coefficient (Wildman–Crippen LogP) is 12.3. The molecule has 0 saturated heterocycles. The zero-order chi connectivity index (χ0) is 31.0. The average molecular weight is 588 g/mol. The van der Waals surface area contributed by atoms with Gasteiger partial charge in [0.1, 0.15) is 0 Å². The molecule has 0 aliphatic rings. The summed E-state index contributed by atoms with van der Waals surface area (Å²) in [6.07, 6.45) is 0. The molecule has 46 heavy (non-hydrogen) atoms. The van der Waals surface area contributed by atoms with Crippen molar-refractivity contribution in [2.75, 3.05) is 0 Å². The summed E-state index contributed by atoms with van der Waals surface area (Å²) in [4.78, 5) is 5.34. The molecule has 0 bridgehead atoms. The second-order valence-corrected chi connectivity index (χ2v) is 12.2. The van der Waals surface area contributed by atoms with Gasteiger partial charge in [-0.25, -0.2) is 4.98 Å². The van der Waals surface area contributed by atoms with E-state index in [4.69, 9.17) is 4.98 Å². The van der Waals surface area contributed by atoms with Crippen LogP contribution in [-0.4, -0.2) is 4.98 Å². The van der Waals surface area contributed by atoms with Gasteiger partial charge in [-0.1, -0.05) is 145 Å². The van der Waals surface area contributed by atoms with Crippen LogP contribution in [0.3, 0.4) is 0 Å². The standard InChI is InChI=1S/C45H33N/c1-30-17-21-32(22-18-30)34-10-7-12-37(25-34)44-28-39(43-27-36-9-3-4-14-40(36)41-15-5-6-16-42(41)43)29-45(46-44)38-13-8-11-35(26-38)33-23-19-31(2)20-24-33/h3-29H,1-2H3. The Morgan fingerprint density at radius 1 is 0.326 bits per heavy atom. The van der Waals surface area contributed by atoms with Crippen molar-refractivity contribution in [2.24, 2.45) is 0 Å². The topological polar surface area (TPSA) is 12.9 Å². The number of fused-ring (bicyclic) bond motifs is 3. The minimum Gasteiger partial charge on any atom is -0.248 e. The van der Waals surface area contributed by atoms with Crippen LogP contribution < -0.4 is 0 Å². The molecule has 1 aromatic heterocycles. The summed E-state index contributed by atoms with van der Waals surface area (Å²) in [5, 5.41) is 5.01. The predicted molar refractivity (Wildman–Crippen MR) is 196 cm³/mol. The summed E-state index contributed by atoms with van der Waals surface area (Å²) in [6, 6.07) is 59.3. The summed E-state index contributed by atoms with van der Waals surface area (Å²) in [5.74, 6) is 0. The molecule has 1 heterocycles. The summed E-state index contributed by atoms with van der Waals surface area (Å²) in [7, 11) is 0. The Morgan fingerprint density at radius 3 is 1.37 bits per heavy atom. The van der Waals surface area contributed by atoms with Crippen molar-refractivity contribution in [1.29, 1.82) is 0 Å². The van der Waals surface area contributed by atoms with Gasteiger partial charge in [0.05, 0.1) is 11.4 Å². The van der Waals surface area contributed by atoms with E-state index < -0.39 is 0 Å². The van der Waals surface area contributed by atoms with Gasteiger partial charge in [-0.2, -0.15) is 0 Å². The first-order chi connectivity index (χ1) is 22.6. The average Bonchev–Trinajstić information content (AvgIpc) is 3.12. The zero-order valence-electron chi connectivity index (χ0n) is 26.0. The lowest BCUT2D eigenvalue weighted by molar-refractivity contribution is 1.32. The zero-order valence-corrected chi connectivity index (χ0v) is 26.0. The smallest absolute Gasteiger partial charge is 0.0715 e. The van der Waals surface area contributed by atoms with Gasteiger partial charge in [0.15, 0.2) is 0 Å². The van der Waals surface area contributed by atoms with Crippen molar-refractivity contribution in [3.63, 3.8) is 0 Å². The molecule has 0 aliphatic carbocycles. The first-order valence-corrected chi connectivity index (χ1v) is 15.9. The minimum atomic E-state index is 0.958. The van der Waals surface area contributed by atoms with Gasteiger partial charge in [0.2, 0.25) is 0 Å². The van der Waals surface area contributed by atoms with Crippen molar-refractivity contribution in [3.05, 3.63) is 175 Å². The molecule has 0 unspecified atom stereocenters. The molecular formula is C45H33N. The number of benzene rings is 7. The molecule has 0 N–H and O–H groups in total. The second kappa shape index (κ2) is 11.6. The lowest BCUT2D eigenvalue weighted by Gasteiger charge is -2.15. The molecule has 7 aromatic carbocycles. The number of hydrogen-bond acceptors (Lipinski definition) is 1. The van der Waals surface area contributed by atoms with Crippen LogP contribution in [0.4, 0.5) is 0 Å². The molecule has 0 radical (unpaired) electrons. The first kappa shape index (κ1) is 27.7. The largest absolute Gasteiger partial charge is 0.248 e. The lowest BCUT2D eigenvalue weighted by Crippen LogP contribution is -1.93. The van der Waals surface area contributed by atoms with E-state index in [1.165, 1.54) is 60.5 Å². The van der Waals surface area contributed by atoms with Crippen LogP contribution >= 0.6 is 0 Å². The van der Waals surface area contributed by atoms with E-state index in [1.807, 2.05) is 0 Å². The Hall–Kier alpha value is -5.79. The Bertz CT molecular complexity index is 2260. The Kier molecular flexibility index (Phi) is 7.00. The molecular weight excluding hydrogens is 555 g/mol. The molecule has 8 rings (SSSR count). The maximum absolute atomic E-state index is 5.34. The van der Waals surface area contributed by atoms with Gasteiger partial charge in [0, 0.05) is 11.1 Å². The molecule has 0 amide bonds. The number of rotatable bonds is 5. The highest BCUT2D eigenvalue weighted by atomic mass is 14.7. The van der Waals surface area contributed by atoms with E-state index in [1.54, 1.807) is 0 Å². The van der Waals surface area contributed by atoms with Crippen LogP contribution in [-0.2, 0) is 0 Å². The van der Waals surface area contributed by atoms with Crippen molar-refractivity contribution in [1.82, 2.24) is 4.98 Å². The van der Waals surface area contributed by atoms with Gasteiger partial charge in [0.25, 0.3) is 0 Å². The van der Waals surface area contributed by atoms with Gasteiger partial charge < -0.3 is 0 Å². The second-order valence-electron chi connectivity index (χ2n) is 12.2. The molecule has 1 heteroatoms. The highest BCUT2D eigenvalue weighted by Crippen LogP contribution is 2.38. The third-order valence-electron chi connectivity index (χ3n) is 8.99. The third kappa shape index (κ3) is 5.27. The maximum atomic E-state index is 5.34. The third-order valence-corrected chi connectivity index (χ3v) is 8.99. The van der Waals surface area contributed by atoms with Crippen LogP contribution in [0.2, 0.25) is 0 Å². The van der Waals surface area contributed by atoms with E-state index in [0.29, 0.717) is 0 Å². The highest BCUT2D eigenvalue weighted by Gasteiger charge is 2.14. The van der Waals surface area contributed by atoms with E-state index in [-0.39, 0.29) is 0 Å². The van der Waals surface area contributed by atoms with Crippen LogP contribution in [0.5, 0.6) is 0 Å². The molecule has 218 valence electrons. The lowest BCUT2D eigenvalue weighted by atomic mass is 9.91.